The van der Waals surface area contributed by atoms with E-state index in [1.165, 1.54) is 4.90 Å². The maximum atomic E-state index is 12.5. The van der Waals surface area contributed by atoms with E-state index in [1.807, 2.05) is 12.1 Å². The van der Waals surface area contributed by atoms with Crippen molar-refractivity contribution in [2.24, 2.45) is 5.73 Å². The molecular formula is C17H17ClN2O2. The zero-order chi connectivity index (χ0) is 15.9. The Morgan fingerprint density at radius 1 is 1.00 bits per heavy atom. The van der Waals surface area contributed by atoms with Gasteiger partial charge >= 0.3 is 0 Å². The minimum Gasteiger partial charge on any atom is -0.368 e. The number of carbonyl (C=O) groups excluding carboxylic acids is 2. The van der Waals surface area contributed by atoms with E-state index in [9.17, 15) is 9.59 Å². The highest BCUT2D eigenvalue weighted by Gasteiger charge is 2.30. The summed E-state index contributed by atoms with van der Waals surface area (Å²) < 4.78 is 0. The van der Waals surface area contributed by atoms with Gasteiger partial charge < -0.3 is 5.73 Å². The van der Waals surface area contributed by atoms with E-state index in [-0.39, 0.29) is 18.2 Å². The van der Waals surface area contributed by atoms with Gasteiger partial charge in [0.1, 0.15) is 6.04 Å². The molecule has 0 aromatic heterocycles. The number of halogens is 1. The molecular weight excluding hydrogens is 300 g/mol. The minimum atomic E-state index is -0.862. The van der Waals surface area contributed by atoms with Crippen molar-refractivity contribution in [3.8, 4) is 0 Å². The molecule has 0 unspecified atom stereocenters. The fourth-order valence-corrected chi connectivity index (χ4v) is 2.46. The van der Waals surface area contributed by atoms with Crippen LogP contribution in [0.2, 0.25) is 0 Å². The van der Waals surface area contributed by atoms with Crippen molar-refractivity contribution >= 4 is 29.1 Å². The number of para-hydroxylation sites is 1. The van der Waals surface area contributed by atoms with E-state index in [0.717, 1.165) is 0 Å². The molecule has 22 heavy (non-hydrogen) atoms. The molecule has 114 valence electrons. The van der Waals surface area contributed by atoms with Crippen LogP contribution in [0, 0.1) is 0 Å². The number of hydrogen-bond donors (Lipinski definition) is 1. The smallest absolute Gasteiger partial charge is 0.245 e. The highest BCUT2D eigenvalue weighted by Crippen LogP contribution is 2.28. The van der Waals surface area contributed by atoms with E-state index in [2.05, 4.69) is 0 Å². The van der Waals surface area contributed by atoms with Gasteiger partial charge in [-0.05, 0) is 17.7 Å². The van der Waals surface area contributed by atoms with Crippen molar-refractivity contribution in [1.82, 2.24) is 0 Å². The molecule has 2 aromatic carbocycles. The molecule has 5 heteroatoms. The Morgan fingerprint density at radius 3 is 2.05 bits per heavy atom. The van der Waals surface area contributed by atoms with Gasteiger partial charge in [0.2, 0.25) is 11.8 Å². The molecule has 4 nitrogen and oxygen atoms in total. The number of nitrogens with two attached hydrogens (primary N) is 1. The Hall–Kier alpha value is -2.33. The fourth-order valence-electron chi connectivity index (χ4n) is 2.30. The van der Waals surface area contributed by atoms with Crippen molar-refractivity contribution in [3.05, 3.63) is 66.2 Å². The van der Waals surface area contributed by atoms with Gasteiger partial charge in [-0.25, -0.2) is 0 Å². The predicted molar refractivity (Wildman–Crippen MR) is 87.6 cm³/mol. The highest BCUT2D eigenvalue weighted by molar-refractivity contribution is 6.19. The van der Waals surface area contributed by atoms with Gasteiger partial charge in [0, 0.05) is 18.0 Å². The molecule has 0 aliphatic carbocycles. The summed E-state index contributed by atoms with van der Waals surface area (Å²) in [4.78, 5) is 25.9. The van der Waals surface area contributed by atoms with Gasteiger partial charge in [0.15, 0.2) is 0 Å². The van der Waals surface area contributed by atoms with Crippen LogP contribution in [0.25, 0.3) is 0 Å². The number of anilines is 1. The van der Waals surface area contributed by atoms with E-state index in [1.54, 1.807) is 48.5 Å². The second kappa shape index (κ2) is 7.61. The van der Waals surface area contributed by atoms with Gasteiger partial charge in [0.25, 0.3) is 0 Å². The van der Waals surface area contributed by atoms with Gasteiger partial charge in [-0.1, -0.05) is 48.5 Å². The summed E-state index contributed by atoms with van der Waals surface area (Å²) in [5, 5.41) is 0. The zero-order valence-corrected chi connectivity index (χ0v) is 12.7. The standard InChI is InChI=1S/C17H17ClN2O2/c18-12-11-15(21)20(14-9-5-2-6-10-14)16(17(19)22)13-7-3-1-4-8-13/h1-10,16H,11-12H2,(H2,19,22)/t16-/m1/s1. The van der Waals surface area contributed by atoms with Gasteiger partial charge in [-0.2, -0.15) is 0 Å². The molecule has 2 rings (SSSR count). The van der Waals surface area contributed by atoms with Crippen LogP contribution in [0.15, 0.2) is 60.7 Å². The SMILES string of the molecule is NC(=O)[C@@H](c1ccccc1)N(C(=O)CCCl)c1ccccc1. The minimum absolute atomic E-state index is 0.132. The first-order valence-electron chi connectivity index (χ1n) is 6.92. The topological polar surface area (TPSA) is 63.4 Å². The number of primary amides is 1. The van der Waals surface area contributed by atoms with Crippen LogP contribution in [0.4, 0.5) is 5.69 Å². The number of amides is 2. The number of benzene rings is 2. The van der Waals surface area contributed by atoms with Crippen LogP contribution in [-0.4, -0.2) is 17.7 Å². The summed E-state index contributed by atoms with van der Waals surface area (Å²) in [5.74, 6) is -0.644. The molecule has 0 radical (unpaired) electrons. The largest absolute Gasteiger partial charge is 0.368 e. The van der Waals surface area contributed by atoms with Gasteiger partial charge in [-0.3, -0.25) is 14.5 Å². The first kappa shape index (κ1) is 16.0. The van der Waals surface area contributed by atoms with Crippen molar-refractivity contribution in [3.63, 3.8) is 0 Å². The molecule has 0 spiro atoms. The van der Waals surface area contributed by atoms with Crippen LogP contribution >= 0.6 is 11.6 Å². The summed E-state index contributed by atoms with van der Waals surface area (Å²) in [7, 11) is 0. The maximum absolute atomic E-state index is 12.5. The third-order valence-corrected chi connectivity index (χ3v) is 3.44. The van der Waals surface area contributed by atoms with Crippen LogP contribution in [0.5, 0.6) is 0 Å². The van der Waals surface area contributed by atoms with E-state index in [4.69, 9.17) is 17.3 Å². The fraction of sp³-hybridized carbons (Fsp3) is 0.176. The lowest BCUT2D eigenvalue weighted by atomic mass is 10.0. The summed E-state index contributed by atoms with van der Waals surface area (Å²) in [5.41, 5.74) is 6.86. The second-order valence-corrected chi connectivity index (χ2v) is 5.13. The average Bonchev–Trinajstić information content (AvgIpc) is 2.54. The lowest BCUT2D eigenvalue weighted by Gasteiger charge is -2.30. The summed E-state index contributed by atoms with van der Waals surface area (Å²) >= 11 is 5.69. The Bertz CT molecular complexity index is 632. The molecule has 2 amide bonds. The van der Waals surface area contributed by atoms with E-state index in [0.29, 0.717) is 11.3 Å². The van der Waals surface area contributed by atoms with Crippen molar-refractivity contribution in [1.29, 1.82) is 0 Å². The number of carbonyl (C=O) groups is 2. The number of hydrogen-bond acceptors (Lipinski definition) is 2. The third kappa shape index (κ3) is 3.65. The van der Waals surface area contributed by atoms with Crippen LogP contribution in [0.1, 0.15) is 18.0 Å². The molecule has 0 fully saturated rings. The molecule has 0 heterocycles. The molecule has 0 saturated heterocycles. The molecule has 0 aliphatic heterocycles. The second-order valence-electron chi connectivity index (χ2n) is 4.75. The Morgan fingerprint density at radius 2 is 1.55 bits per heavy atom. The lowest BCUT2D eigenvalue weighted by molar-refractivity contribution is -0.124. The summed E-state index contributed by atoms with van der Waals surface area (Å²) in [6, 6.07) is 17.1. The summed E-state index contributed by atoms with van der Waals surface area (Å²) in [6.45, 7) is 0. The Balaban J connectivity index is 2.50. The maximum Gasteiger partial charge on any atom is 0.245 e. The van der Waals surface area contributed by atoms with Crippen molar-refractivity contribution < 1.29 is 9.59 Å². The number of rotatable bonds is 6. The Labute approximate surface area is 134 Å². The number of alkyl halides is 1. The number of nitrogens with zero attached hydrogens (tertiary/aromatic N) is 1. The first-order chi connectivity index (χ1) is 10.6. The predicted octanol–water partition coefficient (Wildman–Crippen LogP) is 2.88. The third-order valence-electron chi connectivity index (χ3n) is 3.25. The van der Waals surface area contributed by atoms with Crippen molar-refractivity contribution in [2.75, 3.05) is 10.8 Å². The highest BCUT2D eigenvalue weighted by atomic mass is 35.5. The first-order valence-corrected chi connectivity index (χ1v) is 7.46. The van der Waals surface area contributed by atoms with Crippen LogP contribution in [0.3, 0.4) is 0 Å². The molecule has 2 aromatic rings. The normalized spacial score (nSPS) is 11.7. The lowest BCUT2D eigenvalue weighted by Crippen LogP contribution is -2.42. The van der Waals surface area contributed by atoms with E-state index < -0.39 is 11.9 Å². The van der Waals surface area contributed by atoms with Gasteiger partial charge in [0.05, 0.1) is 0 Å². The van der Waals surface area contributed by atoms with Crippen molar-refractivity contribution in [2.45, 2.75) is 12.5 Å². The molecule has 2 N–H and O–H groups in total. The van der Waals surface area contributed by atoms with Gasteiger partial charge in [-0.15, -0.1) is 11.6 Å². The quantitative estimate of drug-likeness (QED) is 0.833. The molecule has 0 aliphatic rings. The average molecular weight is 317 g/mol. The zero-order valence-electron chi connectivity index (χ0n) is 12.0. The summed E-state index contributed by atoms with van der Waals surface area (Å²) in [6.07, 6.45) is 0.132. The Kier molecular flexibility index (Phi) is 5.55. The molecule has 0 saturated carbocycles. The molecule has 0 bridgehead atoms. The van der Waals surface area contributed by atoms with Crippen LogP contribution < -0.4 is 10.6 Å². The van der Waals surface area contributed by atoms with Crippen LogP contribution in [-0.2, 0) is 9.59 Å². The van der Waals surface area contributed by atoms with E-state index >= 15 is 0 Å². The molecule has 1 atom stereocenters. The monoisotopic (exact) mass is 316 g/mol.